The van der Waals surface area contributed by atoms with Gasteiger partial charge in [-0.25, -0.2) is 9.48 Å². The molecule has 3 aromatic rings. The first-order chi connectivity index (χ1) is 17.4. The number of benzene rings is 2. The molecule has 1 aliphatic rings. The second-order valence-corrected chi connectivity index (χ2v) is 8.40. The average Bonchev–Trinajstić information content (AvgIpc) is 3.28. The first-order valence-electron chi connectivity index (χ1n) is 12.0. The van der Waals surface area contributed by atoms with Crippen LogP contribution in [0.2, 0.25) is 0 Å². The van der Waals surface area contributed by atoms with Gasteiger partial charge in [0.15, 0.2) is 5.69 Å². The summed E-state index contributed by atoms with van der Waals surface area (Å²) in [6, 6.07) is 14.5. The molecule has 0 N–H and O–H groups in total. The normalized spacial score (nSPS) is 12.8. The van der Waals surface area contributed by atoms with E-state index in [1.807, 2.05) is 31.2 Å². The van der Waals surface area contributed by atoms with Crippen molar-refractivity contribution in [2.45, 2.75) is 33.6 Å². The molecule has 2 heterocycles. The van der Waals surface area contributed by atoms with Gasteiger partial charge < -0.3 is 19.3 Å². The van der Waals surface area contributed by atoms with Crippen LogP contribution in [0.25, 0.3) is 5.69 Å². The topological polar surface area (TPSA) is 94.0 Å². The Morgan fingerprint density at radius 3 is 2.28 bits per heavy atom. The average molecular weight is 491 g/mol. The number of esters is 1. The van der Waals surface area contributed by atoms with Crippen molar-refractivity contribution in [3.63, 3.8) is 0 Å². The fraction of sp³-hybridized carbons (Fsp3) is 0.333. The number of aromatic nitrogens is 2. The van der Waals surface area contributed by atoms with Crippen LogP contribution >= 0.6 is 0 Å². The lowest BCUT2D eigenvalue weighted by atomic mass is 10.0. The van der Waals surface area contributed by atoms with E-state index in [0.717, 1.165) is 12.1 Å². The molecular formula is C27H30N4O5. The van der Waals surface area contributed by atoms with Gasteiger partial charge in [-0.05, 0) is 68.3 Å². The molecule has 0 fully saturated rings. The van der Waals surface area contributed by atoms with Gasteiger partial charge in [0.05, 0.1) is 19.4 Å². The summed E-state index contributed by atoms with van der Waals surface area (Å²) >= 11 is 0. The number of methoxy groups -OCH3 is 1. The van der Waals surface area contributed by atoms with E-state index < -0.39 is 5.97 Å². The lowest BCUT2D eigenvalue weighted by Crippen LogP contribution is -2.39. The van der Waals surface area contributed by atoms with Crippen molar-refractivity contribution >= 4 is 29.2 Å². The maximum absolute atomic E-state index is 13.8. The zero-order valence-electron chi connectivity index (χ0n) is 21.0. The van der Waals surface area contributed by atoms with E-state index in [-0.39, 0.29) is 24.1 Å². The van der Waals surface area contributed by atoms with Gasteiger partial charge in [0.1, 0.15) is 11.4 Å². The second-order valence-electron chi connectivity index (χ2n) is 8.40. The fourth-order valence-corrected chi connectivity index (χ4v) is 4.38. The first kappa shape index (κ1) is 25.0. The van der Waals surface area contributed by atoms with Crippen LogP contribution < -0.4 is 14.5 Å². The predicted octanol–water partition coefficient (Wildman–Crippen LogP) is 4.02. The monoisotopic (exact) mass is 490 g/mol. The molecule has 2 amide bonds. The lowest BCUT2D eigenvalue weighted by molar-refractivity contribution is -0.116. The Hall–Kier alpha value is -4.14. The SMILES string of the molecule is CCCN(C(C)=O)c1ccc(N2CCc3c(C(=O)OCC)nn(-c4ccc(OC)cc4)c3C2=O)cc1. The molecule has 1 aromatic heterocycles. The highest BCUT2D eigenvalue weighted by atomic mass is 16.5. The Morgan fingerprint density at radius 2 is 1.69 bits per heavy atom. The molecule has 0 aliphatic carbocycles. The Kier molecular flexibility index (Phi) is 7.38. The van der Waals surface area contributed by atoms with Gasteiger partial charge in [0.25, 0.3) is 5.91 Å². The van der Waals surface area contributed by atoms with Gasteiger partial charge in [-0.3, -0.25) is 9.59 Å². The molecule has 188 valence electrons. The molecule has 0 saturated heterocycles. The summed E-state index contributed by atoms with van der Waals surface area (Å²) in [5, 5.41) is 4.50. The van der Waals surface area contributed by atoms with Crippen molar-refractivity contribution in [2.24, 2.45) is 0 Å². The molecule has 9 heteroatoms. The quantitative estimate of drug-likeness (QED) is 0.443. The number of carbonyl (C=O) groups is 3. The number of anilines is 2. The van der Waals surface area contributed by atoms with Crippen LogP contribution in [0.4, 0.5) is 11.4 Å². The van der Waals surface area contributed by atoms with Gasteiger partial charge >= 0.3 is 5.97 Å². The van der Waals surface area contributed by atoms with Crippen LogP contribution in [-0.4, -0.2) is 54.4 Å². The zero-order valence-corrected chi connectivity index (χ0v) is 21.0. The minimum Gasteiger partial charge on any atom is -0.497 e. The van der Waals surface area contributed by atoms with E-state index in [1.165, 1.54) is 4.68 Å². The highest BCUT2D eigenvalue weighted by Gasteiger charge is 2.35. The number of ether oxygens (including phenoxy) is 2. The number of rotatable bonds is 8. The molecule has 0 bridgehead atoms. The molecule has 4 rings (SSSR count). The number of amides is 2. The van der Waals surface area contributed by atoms with Gasteiger partial charge in [0.2, 0.25) is 5.91 Å². The summed E-state index contributed by atoms with van der Waals surface area (Å²) in [6.07, 6.45) is 1.29. The molecule has 0 radical (unpaired) electrons. The van der Waals surface area contributed by atoms with Crippen molar-refractivity contribution in [3.8, 4) is 11.4 Å². The van der Waals surface area contributed by atoms with Gasteiger partial charge in [-0.15, -0.1) is 0 Å². The third-order valence-corrected chi connectivity index (χ3v) is 6.10. The van der Waals surface area contributed by atoms with Crippen LogP contribution in [0.5, 0.6) is 5.75 Å². The van der Waals surface area contributed by atoms with Crippen LogP contribution in [0, 0.1) is 0 Å². The van der Waals surface area contributed by atoms with Gasteiger partial charge in [0, 0.05) is 37.0 Å². The lowest BCUT2D eigenvalue weighted by Gasteiger charge is -2.28. The second kappa shape index (κ2) is 10.6. The van der Waals surface area contributed by atoms with Gasteiger partial charge in [-0.1, -0.05) is 6.92 Å². The number of fused-ring (bicyclic) bond motifs is 1. The number of hydrogen-bond acceptors (Lipinski definition) is 6. The summed E-state index contributed by atoms with van der Waals surface area (Å²) in [5.74, 6) is -0.175. The van der Waals surface area contributed by atoms with Crippen LogP contribution in [0.1, 0.15) is 53.7 Å². The molecular weight excluding hydrogens is 460 g/mol. The van der Waals surface area contributed by atoms with Gasteiger partial charge in [-0.2, -0.15) is 5.10 Å². The largest absolute Gasteiger partial charge is 0.497 e. The van der Waals surface area contributed by atoms with Crippen molar-refractivity contribution < 1.29 is 23.9 Å². The van der Waals surface area contributed by atoms with E-state index in [2.05, 4.69) is 5.10 Å². The molecule has 1 aliphatic heterocycles. The maximum atomic E-state index is 13.8. The van der Waals surface area contributed by atoms with Crippen LogP contribution in [0.3, 0.4) is 0 Å². The highest BCUT2D eigenvalue weighted by Crippen LogP contribution is 2.31. The van der Waals surface area contributed by atoms with Crippen molar-refractivity contribution in [3.05, 3.63) is 65.5 Å². The Morgan fingerprint density at radius 1 is 1.03 bits per heavy atom. The van der Waals surface area contributed by atoms with E-state index >= 15 is 0 Å². The Balaban J connectivity index is 1.72. The summed E-state index contributed by atoms with van der Waals surface area (Å²) in [4.78, 5) is 41.8. The first-order valence-corrected chi connectivity index (χ1v) is 12.0. The minimum absolute atomic E-state index is 0.0295. The molecule has 0 atom stereocenters. The molecule has 0 unspecified atom stereocenters. The molecule has 0 spiro atoms. The maximum Gasteiger partial charge on any atom is 0.359 e. The number of carbonyl (C=O) groups excluding carboxylic acids is 3. The smallest absolute Gasteiger partial charge is 0.359 e. The zero-order chi connectivity index (χ0) is 25.8. The van der Waals surface area contributed by atoms with Crippen molar-refractivity contribution in [1.82, 2.24) is 9.78 Å². The Labute approximate surface area is 210 Å². The number of nitrogens with zero attached hydrogens (tertiary/aromatic N) is 4. The van der Waals surface area contributed by atoms with E-state index in [4.69, 9.17) is 9.47 Å². The minimum atomic E-state index is -0.549. The van der Waals surface area contributed by atoms with Crippen molar-refractivity contribution in [1.29, 1.82) is 0 Å². The van der Waals surface area contributed by atoms with E-state index in [1.54, 1.807) is 55.0 Å². The third-order valence-electron chi connectivity index (χ3n) is 6.10. The van der Waals surface area contributed by atoms with E-state index in [9.17, 15) is 14.4 Å². The van der Waals surface area contributed by atoms with Crippen molar-refractivity contribution in [2.75, 3.05) is 36.6 Å². The van der Waals surface area contributed by atoms with Crippen LogP contribution in [0.15, 0.2) is 48.5 Å². The number of hydrogen-bond donors (Lipinski definition) is 0. The standard InChI is InChI=1S/C27H30N4O5/c1-5-16-29(18(3)32)19-7-9-20(10-8-19)30-17-15-23-24(27(34)36-6-2)28-31(25(23)26(30)33)21-11-13-22(35-4)14-12-21/h7-14H,5-6,15-17H2,1-4H3. The highest BCUT2D eigenvalue weighted by molar-refractivity contribution is 6.09. The molecule has 0 saturated carbocycles. The fourth-order valence-electron chi connectivity index (χ4n) is 4.38. The summed E-state index contributed by atoms with van der Waals surface area (Å²) in [6.45, 7) is 6.51. The van der Waals surface area contributed by atoms with Crippen LogP contribution in [-0.2, 0) is 16.0 Å². The Bertz CT molecular complexity index is 1260. The molecule has 2 aromatic carbocycles. The third kappa shape index (κ3) is 4.68. The summed E-state index contributed by atoms with van der Waals surface area (Å²) < 4.78 is 12.0. The molecule has 9 nitrogen and oxygen atoms in total. The summed E-state index contributed by atoms with van der Waals surface area (Å²) in [5.41, 5.74) is 3.18. The summed E-state index contributed by atoms with van der Waals surface area (Å²) in [7, 11) is 1.58. The molecule has 36 heavy (non-hydrogen) atoms. The van der Waals surface area contributed by atoms with E-state index in [0.29, 0.717) is 47.9 Å². The predicted molar refractivity (Wildman–Crippen MR) is 136 cm³/mol.